The first-order valence-corrected chi connectivity index (χ1v) is 8.89. The highest BCUT2D eigenvalue weighted by Gasteiger charge is 2.11. The number of nitrogens with one attached hydrogen (secondary N) is 1. The predicted octanol–water partition coefficient (Wildman–Crippen LogP) is 5.07. The lowest BCUT2D eigenvalue weighted by Gasteiger charge is -2.11. The highest BCUT2D eigenvalue weighted by Crippen LogP contribution is 2.34. The van der Waals surface area contributed by atoms with Crippen molar-refractivity contribution in [3.63, 3.8) is 0 Å². The molecule has 0 heterocycles. The average molecular weight is 382 g/mol. The fourth-order valence-corrected chi connectivity index (χ4v) is 3.33. The number of anilines is 1. The van der Waals surface area contributed by atoms with Gasteiger partial charge in [-0.05, 0) is 35.9 Å². The van der Waals surface area contributed by atoms with Gasteiger partial charge in [0.1, 0.15) is 5.82 Å². The molecule has 0 atom stereocenters. The molecule has 0 aromatic heterocycles. The second-order valence-electron chi connectivity index (χ2n) is 5.67. The minimum atomic E-state index is -0.453. The summed E-state index contributed by atoms with van der Waals surface area (Å²) in [7, 11) is 0. The molecule has 3 aromatic rings. The normalized spacial score (nSPS) is 10.4. The van der Waals surface area contributed by atoms with E-state index in [1.807, 2.05) is 12.1 Å². The highest BCUT2D eigenvalue weighted by atomic mass is 32.2. The molecule has 27 heavy (non-hydrogen) atoms. The van der Waals surface area contributed by atoms with Gasteiger partial charge < -0.3 is 5.32 Å². The number of carbonyl (C=O) groups is 1. The molecule has 0 aliphatic rings. The number of para-hydroxylation sites is 1. The summed E-state index contributed by atoms with van der Waals surface area (Å²) >= 11 is 1.37. The molecule has 5 nitrogen and oxygen atoms in total. The zero-order chi connectivity index (χ0) is 19.2. The third-order valence-electron chi connectivity index (χ3n) is 3.75. The van der Waals surface area contributed by atoms with E-state index in [-0.39, 0.29) is 18.0 Å². The topological polar surface area (TPSA) is 72.2 Å². The van der Waals surface area contributed by atoms with Crippen LogP contribution in [0.5, 0.6) is 0 Å². The predicted molar refractivity (Wildman–Crippen MR) is 102 cm³/mol. The van der Waals surface area contributed by atoms with E-state index < -0.39 is 10.7 Å². The van der Waals surface area contributed by atoms with Crippen LogP contribution in [0.2, 0.25) is 0 Å². The van der Waals surface area contributed by atoms with Gasteiger partial charge in [0, 0.05) is 21.9 Å². The molecule has 0 aliphatic heterocycles. The van der Waals surface area contributed by atoms with E-state index in [0.717, 1.165) is 9.79 Å². The third-order valence-corrected chi connectivity index (χ3v) is 4.83. The maximum atomic E-state index is 13.7. The molecule has 0 unspecified atom stereocenters. The lowest BCUT2D eigenvalue weighted by atomic mass is 10.1. The van der Waals surface area contributed by atoms with Crippen molar-refractivity contribution in [1.82, 2.24) is 0 Å². The Kier molecular flexibility index (Phi) is 5.83. The van der Waals surface area contributed by atoms with Gasteiger partial charge in [0.25, 0.3) is 5.69 Å². The van der Waals surface area contributed by atoms with Crippen LogP contribution in [0.3, 0.4) is 0 Å². The van der Waals surface area contributed by atoms with E-state index in [4.69, 9.17) is 0 Å². The van der Waals surface area contributed by atoms with Gasteiger partial charge in [-0.1, -0.05) is 42.1 Å². The zero-order valence-electron chi connectivity index (χ0n) is 14.1. The Bertz CT molecular complexity index is 977. The zero-order valence-corrected chi connectivity index (χ0v) is 14.9. The number of nitro groups is 1. The van der Waals surface area contributed by atoms with Crippen molar-refractivity contribution in [3.05, 3.63) is 94.3 Å². The second kappa shape index (κ2) is 8.46. The van der Waals surface area contributed by atoms with Crippen LogP contribution in [-0.4, -0.2) is 10.8 Å². The number of hydrogen-bond donors (Lipinski definition) is 1. The maximum Gasteiger partial charge on any atom is 0.269 e. The fourth-order valence-electron chi connectivity index (χ4n) is 2.43. The van der Waals surface area contributed by atoms with Crippen LogP contribution in [0.15, 0.2) is 82.6 Å². The number of benzene rings is 3. The van der Waals surface area contributed by atoms with E-state index in [2.05, 4.69) is 5.32 Å². The number of carbonyl (C=O) groups excluding carboxylic acids is 1. The first kappa shape index (κ1) is 18.6. The Labute approximate surface area is 159 Å². The molecule has 1 amide bonds. The summed E-state index contributed by atoms with van der Waals surface area (Å²) < 4.78 is 13.7. The van der Waals surface area contributed by atoms with Gasteiger partial charge in [-0.2, -0.15) is 0 Å². The van der Waals surface area contributed by atoms with Crippen LogP contribution >= 0.6 is 11.8 Å². The molecule has 136 valence electrons. The molecule has 0 fully saturated rings. The minimum absolute atomic E-state index is 0.0193. The van der Waals surface area contributed by atoms with E-state index in [1.165, 1.54) is 30.0 Å². The summed E-state index contributed by atoms with van der Waals surface area (Å²) in [5.74, 6) is -0.738. The van der Waals surface area contributed by atoms with Gasteiger partial charge in [0.15, 0.2) is 0 Å². The summed E-state index contributed by atoms with van der Waals surface area (Å²) in [6.07, 6.45) is -0.0663. The second-order valence-corrected chi connectivity index (χ2v) is 6.78. The number of rotatable bonds is 6. The molecule has 3 rings (SSSR count). The molecule has 0 radical (unpaired) electrons. The van der Waals surface area contributed by atoms with Crippen molar-refractivity contribution in [2.75, 3.05) is 5.32 Å². The van der Waals surface area contributed by atoms with E-state index in [1.54, 1.807) is 42.5 Å². The van der Waals surface area contributed by atoms with Crippen molar-refractivity contribution in [2.45, 2.75) is 16.2 Å². The molecule has 0 aliphatic carbocycles. The average Bonchev–Trinajstić information content (AvgIpc) is 2.66. The van der Waals surface area contributed by atoms with Gasteiger partial charge in [0.05, 0.1) is 17.0 Å². The number of halogens is 1. The molecule has 3 aromatic carbocycles. The van der Waals surface area contributed by atoms with Gasteiger partial charge in [-0.3, -0.25) is 14.9 Å². The molecular formula is C20H15FN2O3S. The van der Waals surface area contributed by atoms with Crippen molar-refractivity contribution in [3.8, 4) is 0 Å². The molecule has 7 heteroatoms. The first-order valence-electron chi connectivity index (χ1n) is 8.07. The highest BCUT2D eigenvalue weighted by molar-refractivity contribution is 7.99. The summed E-state index contributed by atoms with van der Waals surface area (Å²) in [6, 6.07) is 19.5. The quantitative estimate of drug-likeness (QED) is 0.477. The fraction of sp³-hybridized carbons (Fsp3) is 0.0500. The lowest BCUT2D eigenvalue weighted by molar-refractivity contribution is -0.384. The van der Waals surface area contributed by atoms with E-state index in [0.29, 0.717) is 11.3 Å². The van der Waals surface area contributed by atoms with E-state index in [9.17, 15) is 19.3 Å². The van der Waals surface area contributed by atoms with Crippen molar-refractivity contribution in [1.29, 1.82) is 0 Å². The van der Waals surface area contributed by atoms with Crippen LogP contribution in [0.4, 0.5) is 15.8 Å². The largest absolute Gasteiger partial charge is 0.325 e. The Morgan fingerprint density at radius 2 is 1.67 bits per heavy atom. The standard InChI is InChI=1S/C20H15FN2O3S/c21-17-6-2-1-5-14(17)13-20(24)22-18-7-3-4-8-19(18)27-16-11-9-15(10-12-16)23(25)26/h1-12H,13H2,(H,22,24). The van der Waals surface area contributed by atoms with Gasteiger partial charge in [0.2, 0.25) is 5.91 Å². The Hall–Kier alpha value is -3.19. The minimum Gasteiger partial charge on any atom is -0.325 e. The smallest absolute Gasteiger partial charge is 0.269 e. The molecule has 0 saturated heterocycles. The van der Waals surface area contributed by atoms with Gasteiger partial charge in [-0.15, -0.1) is 0 Å². The van der Waals surface area contributed by atoms with Crippen LogP contribution < -0.4 is 5.32 Å². The maximum absolute atomic E-state index is 13.7. The van der Waals surface area contributed by atoms with Crippen LogP contribution in [0.1, 0.15) is 5.56 Å². The number of nitro benzene ring substituents is 1. The van der Waals surface area contributed by atoms with Crippen LogP contribution in [0.25, 0.3) is 0 Å². The number of nitrogens with zero attached hydrogens (tertiary/aromatic N) is 1. The van der Waals surface area contributed by atoms with E-state index >= 15 is 0 Å². The van der Waals surface area contributed by atoms with Crippen molar-refractivity contribution < 1.29 is 14.1 Å². The monoisotopic (exact) mass is 382 g/mol. The Morgan fingerprint density at radius 1 is 1.00 bits per heavy atom. The SMILES string of the molecule is O=C(Cc1ccccc1F)Nc1ccccc1Sc1ccc([N+](=O)[O-])cc1. The first-order chi connectivity index (χ1) is 13.0. The van der Waals surface area contributed by atoms with Gasteiger partial charge in [-0.25, -0.2) is 4.39 Å². The van der Waals surface area contributed by atoms with Crippen molar-refractivity contribution in [2.24, 2.45) is 0 Å². The molecule has 1 N–H and O–H groups in total. The molecule has 0 bridgehead atoms. The van der Waals surface area contributed by atoms with Crippen LogP contribution in [0, 0.1) is 15.9 Å². The van der Waals surface area contributed by atoms with Gasteiger partial charge >= 0.3 is 0 Å². The number of amides is 1. The molecule has 0 saturated carbocycles. The Balaban J connectivity index is 1.73. The molecular weight excluding hydrogens is 367 g/mol. The van der Waals surface area contributed by atoms with Crippen molar-refractivity contribution >= 4 is 29.0 Å². The summed E-state index contributed by atoms with van der Waals surface area (Å²) in [4.78, 5) is 24.2. The lowest BCUT2D eigenvalue weighted by Crippen LogP contribution is -2.15. The summed E-state index contributed by atoms with van der Waals surface area (Å²) in [6.45, 7) is 0. The summed E-state index contributed by atoms with van der Waals surface area (Å²) in [5, 5.41) is 13.5. The van der Waals surface area contributed by atoms with Crippen LogP contribution in [-0.2, 0) is 11.2 Å². The number of hydrogen-bond acceptors (Lipinski definition) is 4. The number of non-ortho nitro benzene ring substituents is 1. The Morgan fingerprint density at radius 3 is 2.37 bits per heavy atom. The summed E-state index contributed by atoms with van der Waals surface area (Å²) in [5.41, 5.74) is 0.948. The molecule has 0 spiro atoms. The third kappa shape index (κ3) is 4.92.